The molecule has 0 radical (unpaired) electrons. The fourth-order valence-electron chi connectivity index (χ4n) is 3.27. The molecule has 3 rings (SSSR count). The Morgan fingerprint density at radius 3 is 2.57 bits per heavy atom. The van der Waals surface area contributed by atoms with Crippen LogP contribution in [0.2, 0.25) is 0 Å². The van der Waals surface area contributed by atoms with Gasteiger partial charge in [0.1, 0.15) is 17.8 Å². The standard InChI is InChI=1S/C20H26N4O4/c1-4-5-6-7-12-20(2)18(25)24(19(26)21-20)13-16-22-23-17(28-16)14-8-10-15(27-3)11-9-14/h8-11H,4-7,12-13H2,1-3H3,(H,21,26). The Bertz CT molecular complexity index is 833. The van der Waals surface area contributed by atoms with Gasteiger partial charge in [0.05, 0.1) is 7.11 Å². The van der Waals surface area contributed by atoms with E-state index in [-0.39, 0.29) is 18.3 Å². The normalized spacial score (nSPS) is 19.2. The highest BCUT2D eigenvalue weighted by Crippen LogP contribution is 2.26. The smallest absolute Gasteiger partial charge is 0.325 e. The first-order valence-corrected chi connectivity index (χ1v) is 9.58. The van der Waals surface area contributed by atoms with Crippen LogP contribution in [0.4, 0.5) is 4.79 Å². The van der Waals surface area contributed by atoms with Gasteiger partial charge in [-0.1, -0.05) is 32.6 Å². The first-order valence-electron chi connectivity index (χ1n) is 9.58. The molecule has 1 atom stereocenters. The van der Waals surface area contributed by atoms with Crippen LogP contribution in [-0.2, 0) is 11.3 Å². The van der Waals surface area contributed by atoms with Crippen LogP contribution in [0.1, 0.15) is 51.8 Å². The van der Waals surface area contributed by atoms with Crippen molar-refractivity contribution in [3.05, 3.63) is 30.2 Å². The van der Waals surface area contributed by atoms with E-state index in [1.807, 2.05) is 0 Å². The lowest BCUT2D eigenvalue weighted by atomic mass is 9.94. The molecule has 0 saturated carbocycles. The second-order valence-corrected chi connectivity index (χ2v) is 7.19. The zero-order chi connectivity index (χ0) is 20.1. The molecule has 8 nitrogen and oxygen atoms in total. The topological polar surface area (TPSA) is 97.6 Å². The summed E-state index contributed by atoms with van der Waals surface area (Å²) in [5, 5.41) is 10.8. The third-order valence-corrected chi connectivity index (χ3v) is 4.97. The summed E-state index contributed by atoms with van der Waals surface area (Å²) in [5.74, 6) is 1.01. The number of imide groups is 1. The number of urea groups is 1. The summed E-state index contributed by atoms with van der Waals surface area (Å²) in [4.78, 5) is 26.3. The molecule has 1 aromatic carbocycles. The highest BCUT2D eigenvalue weighted by atomic mass is 16.5. The number of rotatable bonds is 9. The van der Waals surface area contributed by atoms with Gasteiger partial charge >= 0.3 is 6.03 Å². The van der Waals surface area contributed by atoms with Crippen molar-refractivity contribution in [3.8, 4) is 17.2 Å². The van der Waals surface area contributed by atoms with Crippen molar-refractivity contribution in [3.63, 3.8) is 0 Å². The van der Waals surface area contributed by atoms with Gasteiger partial charge < -0.3 is 14.5 Å². The lowest BCUT2D eigenvalue weighted by Gasteiger charge is -2.21. The molecule has 1 N–H and O–H groups in total. The van der Waals surface area contributed by atoms with E-state index in [1.165, 1.54) is 0 Å². The molecule has 8 heteroatoms. The van der Waals surface area contributed by atoms with Crippen molar-refractivity contribution < 1.29 is 18.7 Å². The molecule has 2 heterocycles. The first kappa shape index (κ1) is 19.9. The van der Waals surface area contributed by atoms with Crippen LogP contribution in [0, 0.1) is 0 Å². The molecular weight excluding hydrogens is 360 g/mol. The third-order valence-electron chi connectivity index (χ3n) is 4.97. The average Bonchev–Trinajstić information content (AvgIpc) is 3.25. The second kappa shape index (κ2) is 8.41. The molecule has 0 bridgehead atoms. The van der Waals surface area contributed by atoms with Gasteiger partial charge in [-0.15, -0.1) is 10.2 Å². The maximum atomic E-state index is 12.8. The summed E-state index contributed by atoms with van der Waals surface area (Å²) in [7, 11) is 1.59. The molecule has 1 aliphatic rings. The van der Waals surface area contributed by atoms with E-state index >= 15 is 0 Å². The van der Waals surface area contributed by atoms with Gasteiger partial charge in [0.2, 0.25) is 11.8 Å². The van der Waals surface area contributed by atoms with Gasteiger partial charge in [0, 0.05) is 5.56 Å². The fraction of sp³-hybridized carbons (Fsp3) is 0.500. The van der Waals surface area contributed by atoms with E-state index in [4.69, 9.17) is 9.15 Å². The van der Waals surface area contributed by atoms with Crippen molar-refractivity contribution in [1.82, 2.24) is 20.4 Å². The number of hydrogen-bond acceptors (Lipinski definition) is 6. The lowest BCUT2D eigenvalue weighted by Crippen LogP contribution is -2.43. The fourth-order valence-corrected chi connectivity index (χ4v) is 3.27. The SMILES string of the molecule is CCCCCCC1(C)NC(=O)N(Cc2nnc(-c3ccc(OC)cc3)o2)C1=O. The number of benzene rings is 1. The summed E-state index contributed by atoms with van der Waals surface area (Å²) in [5.41, 5.74) is -0.138. The second-order valence-electron chi connectivity index (χ2n) is 7.19. The highest BCUT2D eigenvalue weighted by molar-refractivity contribution is 6.06. The van der Waals surface area contributed by atoms with Crippen LogP contribution in [0.5, 0.6) is 5.75 Å². The number of amides is 3. The maximum absolute atomic E-state index is 12.8. The molecule has 1 saturated heterocycles. The van der Waals surface area contributed by atoms with Gasteiger partial charge in [-0.05, 0) is 37.6 Å². The largest absolute Gasteiger partial charge is 0.497 e. The van der Waals surface area contributed by atoms with Gasteiger partial charge in [0.25, 0.3) is 5.91 Å². The van der Waals surface area contributed by atoms with E-state index in [9.17, 15) is 9.59 Å². The van der Waals surface area contributed by atoms with Crippen molar-refractivity contribution in [2.24, 2.45) is 0 Å². The number of aromatic nitrogens is 2. The number of unbranched alkanes of at least 4 members (excludes halogenated alkanes) is 3. The molecular formula is C20H26N4O4. The van der Waals surface area contributed by atoms with Crippen LogP contribution in [0.3, 0.4) is 0 Å². The molecule has 1 aliphatic heterocycles. The molecule has 1 aromatic heterocycles. The van der Waals surface area contributed by atoms with E-state index in [2.05, 4.69) is 22.4 Å². The number of methoxy groups -OCH3 is 1. The van der Waals surface area contributed by atoms with Gasteiger partial charge in [-0.3, -0.25) is 9.69 Å². The monoisotopic (exact) mass is 386 g/mol. The minimum Gasteiger partial charge on any atom is -0.497 e. The predicted molar refractivity (Wildman–Crippen MR) is 103 cm³/mol. The van der Waals surface area contributed by atoms with Crippen molar-refractivity contribution in [2.45, 2.75) is 58.0 Å². The third kappa shape index (κ3) is 4.16. The number of hydrogen-bond donors (Lipinski definition) is 1. The van der Waals surface area contributed by atoms with Crippen molar-refractivity contribution in [1.29, 1.82) is 0 Å². The van der Waals surface area contributed by atoms with Gasteiger partial charge in [-0.25, -0.2) is 4.79 Å². The van der Waals surface area contributed by atoms with E-state index in [1.54, 1.807) is 38.3 Å². The first-order chi connectivity index (χ1) is 13.5. The lowest BCUT2D eigenvalue weighted by molar-refractivity contribution is -0.131. The number of nitrogens with one attached hydrogen (secondary N) is 1. The summed E-state index contributed by atoms with van der Waals surface area (Å²) in [6.07, 6.45) is 4.81. The molecule has 1 fully saturated rings. The Balaban J connectivity index is 1.65. The Morgan fingerprint density at radius 2 is 1.89 bits per heavy atom. The highest BCUT2D eigenvalue weighted by Gasteiger charge is 2.47. The van der Waals surface area contributed by atoms with Crippen LogP contribution in [0.25, 0.3) is 11.5 Å². The average molecular weight is 386 g/mol. The predicted octanol–water partition coefficient (Wildman–Crippen LogP) is 3.53. The molecule has 1 unspecified atom stereocenters. The number of carbonyl (C=O) groups excluding carboxylic acids is 2. The summed E-state index contributed by atoms with van der Waals surface area (Å²) < 4.78 is 10.8. The van der Waals surface area contributed by atoms with Crippen LogP contribution in [-0.4, -0.2) is 39.7 Å². The molecule has 3 amide bonds. The number of carbonyl (C=O) groups is 2. The summed E-state index contributed by atoms with van der Waals surface area (Å²) in [6, 6.07) is 6.77. The summed E-state index contributed by atoms with van der Waals surface area (Å²) in [6.45, 7) is 3.87. The van der Waals surface area contributed by atoms with Crippen molar-refractivity contribution >= 4 is 11.9 Å². The number of ether oxygens (including phenoxy) is 1. The van der Waals surface area contributed by atoms with E-state index in [0.29, 0.717) is 12.3 Å². The van der Waals surface area contributed by atoms with E-state index in [0.717, 1.165) is 41.9 Å². The van der Waals surface area contributed by atoms with E-state index < -0.39 is 11.6 Å². The Kier molecular flexibility index (Phi) is 5.96. The number of nitrogens with zero attached hydrogens (tertiary/aromatic N) is 3. The van der Waals surface area contributed by atoms with Gasteiger partial charge in [-0.2, -0.15) is 0 Å². The van der Waals surface area contributed by atoms with Crippen molar-refractivity contribution in [2.75, 3.05) is 7.11 Å². The van der Waals surface area contributed by atoms with Crippen LogP contribution in [0.15, 0.2) is 28.7 Å². The molecule has 28 heavy (non-hydrogen) atoms. The maximum Gasteiger partial charge on any atom is 0.325 e. The summed E-state index contributed by atoms with van der Waals surface area (Å²) >= 11 is 0. The van der Waals surface area contributed by atoms with Crippen LogP contribution < -0.4 is 10.1 Å². The van der Waals surface area contributed by atoms with Crippen LogP contribution >= 0.6 is 0 Å². The zero-order valence-electron chi connectivity index (χ0n) is 16.5. The Morgan fingerprint density at radius 1 is 1.14 bits per heavy atom. The Hall–Kier alpha value is -2.90. The minimum absolute atomic E-state index is 0.0433. The zero-order valence-corrected chi connectivity index (χ0v) is 16.5. The molecule has 0 spiro atoms. The minimum atomic E-state index is -0.871. The van der Waals surface area contributed by atoms with Gasteiger partial charge in [0.15, 0.2) is 0 Å². The molecule has 0 aliphatic carbocycles. The molecule has 2 aromatic rings. The quantitative estimate of drug-likeness (QED) is 0.523. The Labute approximate surface area is 164 Å². The molecule has 150 valence electrons.